The fraction of sp³-hybridized carbons (Fsp3) is 0.333. The lowest BCUT2D eigenvalue weighted by Crippen LogP contribution is -2.18. The van der Waals surface area contributed by atoms with Gasteiger partial charge in [0, 0.05) is 26.2 Å². The van der Waals surface area contributed by atoms with Gasteiger partial charge in [0.25, 0.3) is 0 Å². The first kappa shape index (κ1) is 12.7. The van der Waals surface area contributed by atoms with Gasteiger partial charge >= 0.3 is 0 Å². The average Bonchev–Trinajstić information content (AvgIpc) is 2.16. The molecule has 4 nitrogen and oxygen atoms in total. The maximum absolute atomic E-state index is 10.8. The Morgan fingerprint density at radius 2 is 2.06 bits per heavy atom. The third-order valence-electron chi connectivity index (χ3n) is 2.10. The quantitative estimate of drug-likeness (QED) is 0.808. The summed E-state index contributed by atoms with van der Waals surface area (Å²) in [7, 11) is 5.48. The number of carbonyl (C=O) groups is 1. The average molecular weight is 221 g/mol. The van der Waals surface area contributed by atoms with E-state index < -0.39 is 6.10 Å². The van der Waals surface area contributed by atoms with Crippen LogP contribution in [0, 0.1) is 7.05 Å². The number of nitrogens with one attached hydrogen (secondary N) is 1. The van der Waals surface area contributed by atoms with Crippen LogP contribution in [0.5, 0.6) is 0 Å². The zero-order valence-corrected chi connectivity index (χ0v) is 9.60. The largest absolute Gasteiger partial charge is 0.387 e. The minimum atomic E-state index is -0.561. The van der Waals surface area contributed by atoms with Crippen molar-refractivity contribution in [2.75, 3.05) is 18.9 Å². The molecule has 0 saturated carbocycles. The van der Waals surface area contributed by atoms with E-state index in [2.05, 4.69) is 12.4 Å². The Morgan fingerprint density at radius 1 is 1.50 bits per heavy atom. The molecule has 1 amide bonds. The predicted octanol–water partition coefficient (Wildman–Crippen LogP) is 1.40. The number of amides is 1. The van der Waals surface area contributed by atoms with Crippen molar-refractivity contribution in [3.63, 3.8) is 0 Å². The third kappa shape index (κ3) is 4.00. The van der Waals surface area contributed by atoms with E-state index >= 15 is 0 Å². The molecule has 1 aromatic carbocycles. The molecule has 1 aromatic rings. The number of aliphatic hydroxyl groups is 1. The lowest BCUT2D eigenvalue weighted by Gasteiger charge is -2.16. The number of hydrogen-bond donors (Lipinski definition) is 2. The fourth-order valence-corrected chi connectivity index (χ4v) is 1.39. The number of likely N-dealkylation sites (N-methyl/N-ethyl adjacent to an activating group) is 1. The molecule has 0 aliphatic heterocycles. The first-order valence-corrected chi connectivity index (χ1v) is 5.06. The lowest BCUT2D eigenvalue weighted by atomic mass is 10.1. The number of benzene rings is 1. The second kappa shape index (κ2) is 5.63. The maximum atomic E-state index is 10.8. The second-order valence-corrected chi connectivity index (χ2v) is 3.86. The molecule has 4 heteroatoms. The smallest absolute Gasteiger partial charge is 0.221 e. The highest BCUT2D eigenvalue weighted by Crippen LogP contribution is 2.16. The van der Waals surface area contributed by atoms with Gasteiger partial charge in [-0.05, 0) is 24.7 Å². The van der Waals surface area contributed by atoms with Crippen molar-refractivity contribution in [2.24, 2.45) is 0 Å². The van der Waals surface area contributed by atoms with E-state index in [0.717, 1.165) is 11.3 Å². The second-order valence-electron chi connectivity index (χ2n) is 3.86. The highest BCUT2D eigenvalue weighted by molar-refractivity contribution is 5.88. The molecule has 1 rings (SSSR count). The van der Waals surface area contributed by atoms with Gasteiger partial charge in [-0.3, -0.25) is 4.79 Å². The van der Waals surface area contributed by atoms with Gasteiger partial charge < -0.3 is 15.3 Å². The number of aliphatic hydroxyl groups excluding tert-OH is 1. The van der Waals surface area contributed by atoms with Crippen molar-refractivity contribution in [2.45, 2.75) is 13.0 Å². The van der Waals surface area contributed by atoms with E-state index in [-0.39, 0.29) is 5.91 Å². The van der Waals surface area contributed by atoms with Crippen LogP contribution in [0.1, 0.15) is 18.6 Å². The molecule has 0 aliphatic rings. The highest BCUT2D eigenvalue weighted by Gasteiger charge is 2.08. The minimum Gasteiger partial charge on any atom is -0.387 e. The molecule has 0 aromatic heterocycles. The summed E-state index contributed by atoms with van der Waals surface area (Å²) in [5.74, 6) is -0.106. The molecule has 0 spiro atoms. The van der Waals surface area contributed by atoms with Gasteiger partial charge in [0.15, 0.2) is 0 Å². The molecule has 0 fully saturated rings. The van der Waals surface area contributed by atoms with Crippen molar-refractivity contribution in [3.05, 3.63) is 36.9 Å². The molecule has 0 heterocycles. The monoisotopic (exact) mass is 221 g/mol. The first-order chi connectivity index (χ1) is 7.49. The van der Waals surface area contributed by atoms with Crippen LogP contribution in [-0.2, 0) is 4.79 Å². The molecule has 0 saturated heterocycles. The van der Waals surface area contributed by atoms with Crippen molar-refractivity contribution in [1.82, 2.24) is 4.90 Å². The van der Waals surface area contributed by atoms with Crippen molar-refractivity contribution in [1.29, 1.82) is 0 Å². The molecule has 0 aliphatic carbocycles. The number of carbonyl (C=O) groups excluding carboxylic acids is 1. The van der Waals surface area contributed by atoms with Crippen molar-refractivity contribution >= 4 is 11.6 Å². The Balaban J connectivity index is 2.66. The molecule has 1 radical (unpaired) electrons. The van der Waals surface area contributed by atoms with Crippen molar-refractivity contribution in [3.8, 4) is 0 Å². The summed E-state index contributed by atoms with van der Waals surface area (Å²) in [6.07, 6.45) is -0.561. The zero-order chi connectivity index (χ0) is 12.1. The van der Waals surface area contributed by atoms with E-state index in [1.807, 2.05) is 0 Å². The SMILES string of the molecule is [CH2]N(C)CC(O)c1ccc(NC(C)=O)cc1. The van der Waals surface area contributed by atoms with Crippen LogP contribution in [0.2, 0.25) is 0 Å². The van der Waals surface area contributed by atoms with Gasteiger partial charge in [-0.15, -0.1) is 0 Å². The van der Waals surface area contributed by atoms with Crippen LogP contribution in [0.4, 0.5) is 5.69 Å². The van der Waals surface area contributed by atoms with Crippen LogP contribution in [0.25, 0.3) is 0 Å². The molecule has 1 unspecified atom stereocenters. The topological polar surface area (TPSA) is 52.6 Å². The number of hydrogen-bond acceptors (Lipinski definition) is 3. The standard InChI is InChI=1S/C12H17N2O2/c1-9(15)13-11-6-4-10(5-7-11)12(16)8-14(2)3/h4-7,12,16H,2,8H2,1,3H3,(H,13,15). The van der Waals surface area contributed by atoms with E-state index in [9.17, 15) is 9.90 Å². The van der Waals surface area contributed by atoms with Gasteiger partial charge in [-0.1, -0.05) is 12.1 Å². The molecule has 1 atom stereocenters. The highest BCUT2D eigenvalue weighted by atomic mass is 16.3. The third-order valence-corrected chi connectivity index (χ3v) is 2.10. The fourth-order valence-electron chi connectivity index (χ4n) is 1.39. The van der Waals surface area contributed by atoms with Crippen LogP contribution in [-0.4, -0.2) is 29.5 Å². The van der Waals surface area contributed by atoms with Crippen molar-refractivity contribution < 1.29 is 9.90 Å². The van der Waals surface area contributed by atoms with Crippen LogP contribution >= 0.6 is 0 Å². The minimum absolute atomic E-state index is 0.106. The molecule has 16 heavy (non-hydrogen) atoms. The normalized spacial score (nSPS) is 12.6. The summed E-state index contributed by atoms with van der Waals surface area (Å²) in [5, 5.41) is 12.5. The van der Waals surface area contributed by atoms with Crippen LogP contribution in [0.15, 0.2) is 24.3 Å². The van der Waals surface area contributed by atoms with Gasteiger partial charge in [-0.2, -0.15) is 0 Å². The Labute approximate surface area is 95.9 Å². The van der Waals surface area contributed by atoms with E-state index in [4.69, 9.17) is 0 Å². The molecule has 2 N–H and O–H groups in total. The van der Waals surface area contributed by atoms with E-state index in [0.29, 0.717) is 6.54 Å². The molecular formula is C12H17N2O2. The van der Waals surface area contributed by atoms with Gasteiger partial charge in [0.05, 0.1) is 6.10 Å². The first-order valence-electron chi connectivity index (χ1n) is 5.06. The van der Waals surface area contributed by atoms with E-state index in [1.54, 1.807) is 36.2 Å². The Kier molecular flexibility index (Phi) is 4.46. The molecule has 87 valence electrons. The molecular weight excluding hydrogens is 204 g/mol. The summed E-state index contributed by atoms with van der Waals surface area (Å²) in [5.41, 5.74) is 1.54. The van der Waals surface area contributed by atoms with Gasteiger partial charge in [0.2, 0.25) is 5.91 Å². The maximum Gasteiger partial charge on any atom is 0.221 e. The summed E-state index contributed by atoms with van der Waals surface area (Å²) in [6.45, 7) is 1.93. The predicted molar refractivity (Wildman–Crippen MR) is 63.7 cm³/mol. The Hall–Kier alpha value is -1.39. The number of nitrogens with zero attached hydrogens (tertiary/aromatic N) is 1. The summed E-state index contributed by atoms with van der Waals surface area (Å²) in [6, 6.07) is 7.12. The van der Waals surface area contributed by atoms with Crippen LogP contribution < -0.4 is 5.32 Å². The van der Waals surface area contributed by atoms with E-state index in [1.165, 1.54) is 6.92 Å². The Bertz CT molecular complexity index is 347. The van der Waals surface area contributed by atoms with Gasteiger partial charge in [-0.25, -0.2) is 0 Å². The Morgan fingerprint density at radius 3 is 2.50 bits per heavy atom. The number of anilines is 1. The molecule has 0 bridgehead atoms. The summed E-state index contributed by atoms with van der Waals surface area (Å²) < 4.78 is 0. The van der Waals surface area contributed by atoms with Crippen LogP contribution in [0.3, 0.4) is 0 Å². The summed E-state index contributed by atoms with van der Waals surface area (Å²) in [4.78, 5) is 12.5. The summed E-state index contributed by atoms with van der Waals surface area (Å²) >= 11 is 0. The number of rotatable bonds is 4. The van der Waals surface area contributed by atoms with Gasteiger partial charge in [0.1, 0.15) is 0 Å². The lowest BCUT2D eigenvalue weighted by molar-refractivity contribution is -0.114. The zero-order valence-electron chi connectivity index (χ0n) is 9.60.